The molecule has 19 heavy (non-hydrogen) atoms. The molecule has 0 spiro atoms. The van der Waals surface area contributed by atoms with Crippen molar-refractivity contribution in [1.82, 2.24) is 10.2 Å². The molecule has 1 fully saturated rings. The second-order valence-electron chi connectivity index (χ2n) is 5.77. The van der Waals surface area contributed by atoms with Crippen molar-refractivity contribution in [3.63, 3.8) is 0 Å². The van der Waals surface area contributed by atoms with Crippen molar-refractivity contribution >= 4 is 6.03 Å². The summed E-state index contributed by atoms with van der Waals surface area (Å²) in [6, 6.07) is 0.0600. The maximum Gasteiger partial charge on any atom is 0.317 e. The molecule has 2 amide bonds. The molecule has 0 aromatic rings. The van der Waals surface area contributed by atoms with E-state index in [2.05, 4.69) is 19.2 Å². The van der Waals surface area contributed by atoms with Gasteiger partial charge in [0.15, 0.2) is 0 Å². The summed E-state index contributed by atoms with van der Waals surface area (Å²) in [4.78, 5) is 14.3. The molecule has 0 aromatic heterocycles. The van der Waals surface area contributed by atoms with Crippen molar-refractivity contribution < 1.29 is 4.79 Å². The Bertz CT molecular complexity index is 273. The third kappa shape index (κ3) is 3.85. The molecule has 112 valence electrons. The molecule has 0 heterocycles. The van der Waals surface area contributed by atoms with Crippen LogP contribution in [0.1, 0.15) is 59.3 Å². The van der Waals surface area contributed by atoms with Gasteiger partial charge in [0.2, 0.25) is 0 Å². The van der Waals surface area contributed by atoms with Crippen LogP contribution in [0.3, 0.4) is 0 Å². The molecule has 1 aliphatic rings. The van der Waals surface area contributed by atoms with E-state index in [0.29, 0.717) is 13.1 Å². The van der Waals surface area contributed by atoms with E-state index in [9.17, 15) is 4.79 Å². The lowest BCUT2D eigenvalue weighted by Crippen LogP contribution is -2.60. The Labute approximate surface area is 118 Å². The van der Waals surface area contributed by atoms with Gasteiger partial charge in [0, 0.05) is 19.6 Å². The minimum absolute atomic E-state index is 0.0600. The first-order chi connectivity index (χ1) is 9.13. The molecule has 4 heteroatoms. The Balaban J connectivity index is 2.80. The summed E-state index contributed by atoms with van der Waals surface area (Å²) < 4.78 is 0. The van der Waals surface area contributed by atoms with Crippen LogP contribution in [-0.2, 0) is 0 Å². The second-order valence-corrected chi connectivity index (χ2v) is 5.77. The average Bonchev–Trinajstić information content (AvgIpc) is 2.45. The van der Waals surface area contributed by atoms with E-state index in [-0.39, 0.29) is 11.6 Å². The van der Waals surface area contributed by atoms with Gasteiger partial charge in [-0.2, -0.15) is 0 Å². The van der Waals surface area contributed by atoms with Crippen LogP contribution < -0.4 is 11.1 Å². The number of rotatable bonds is 6. The van der Waals surface area contributed by atoms with Gasteiger partial charge in [-0.05, 0) is 44.9 Å². The highest BCUT2D eigenvalue weighted by atomic mass is 16.2. The average molecular weight is 269 g/mol. The quantitative estimate of drug-likeness (QED) is 0.779. The maximum absolute atomic E-state index is 12.3. The first-order valence-electron chi connectivity index (χ1n) is 7.89. The zero-order chi connectivity index (χ0) is 14.3. The molecule has 0 bridgehead atoms. The first-order valence-corrected chi connectivity index (χ1v) is 7.89. The molecule has 0 aliphatic heterocycles. The summed E-state index contributed by atoms with van der Waals surface area (Å²) in [5, 5.41) is 2.94. The van der Waals surface area contributed by atoms with Crippen molar-refractivity contribution in [1.29, 1.82) is 0 Å². The van der Waals surface area contributed by atoms with Crippen LogP contribution in [0.4, 0.5) is 4.79 Å². The van der Waals surface area contributed by atoms with Crippen LogP contribution >= 0.6 is 0 Å². The van der Waals surface area contributed by atoms with Gasteiger partial charge >= 0.3 is 6.03 Å². The van der Waals surface area contributed by atoms with Crippen LogP contribution in [0.15, 0.2) is 0 Å². The van der Waals surface area contributed by atoms with E-state index in [0.717, 1.165) is 31.7 Å². The largest absolute Gasteiger partial charge is 0.338 e. The van der Waals surface area contributed by atoms with Crippen LogP contribution in [0.5, 0.6) is 0 Å². The van der Waals surface area contributed by atoms with Gasteiger partial charge in [0.05, 0.1) is 5.54 Å². The van der Waals surface area contributed by atoms with Gasteiger partial charge in [0.1, 0.15) is 0 Å². The highest BCUT2D eigenvalue weighted by Crippen LogP contribution is 2.37. The number of hydrogen-bond donors (Lipinski definition) is 2. The zero-order valence-electron chi connectivity index (χ0n) is 12.9. The zero-order valence-corrected chi connectivity index (χ0v) is 12.9. The van der Waals surface area contributed by atoms with E-state index in [4.69, 9.17) is 5.73 Å². The van der Waals surface area contributed by atoms with Gasteiger partial charge in [-0.3, -0.25) is 0 Å². The number of hydrogen-bond acceptors (Lipinski definition) is 2. The Morgan fingerprint density at radius 1 is 1.32 bits per heavy atom. The third-order valence-electron chi connectivity index (χ3n) is 4.59. The monoisotopic (exact) mass is 269 g/mol. The standard InChI is InChI=1S/C15H31N3O/c1-4-11-18(14(19)17-6-3)15(12-16)9-7-13(5-2)8-10-15/h13H,4-12,16H2,1-3H3,(H,17,19). The van der Waals surface area contributed by atoms with E-state index in [1.165, 1.54) is 19.3 Å². The van der Waals surface area contributed by atoms with Crippen LogP contribution in [0.2, 0.25) is 0 Å². The molecule has 0 saturated heterocycles. The molecule has 0 atom stereocenters. The summed E-state index contributed by atoms with van der Waals surface area (Å²) in [5.74, 6) is 0.817. The molecule has 0 unspecified atom stereocenters. The number of nitrogens with zero attached hydrogens (tertiary/aromatic N) is 1. The molecular formula is C15H31N3O. The normalized spacial score (nSPS) is 27.1. The number of amides is 2. The van der Waals surface area contributed by atoms with Crippen molar-refractivity contribution in [2.75, 3.05) is 19.6 Å². The van der Waals surface area contributed by atoms with Crippen molar-refractivity contribution in [3.8, 4) is 0 Å². The Morgan fingerprint density at radius 3 is 2.37 bits per heavy atom. The predicted octanol–water partition coefficient (Wildman–Crippen LogP) is 2.73. The SMILES string of the molecule is CCCN(C(=O)NCC)C1(CN)CCC(CC)CC1. The smallest absolute Gasteiger partial charge is 0.317 e. The van der Waals surface area contributed by atoms with Gasteiger partial charge in [-0.1, -0.05) is 20.3 Å². The highest BCUT2D eigenvalue weighted by molar-refractivity contribution is 5.75. The summed E-state index contributed by atoms with van der Waals surface area (Å²) in [6.07, 6.45) is 6.74. The molecule has 3 N–H and O–H groups in total. The fourth-order valence-electron chi connectivity index (χ4n) is 3.23. The number of nitrogens with two attached hydrogens (primary N) is 1. The second kappa shape index (κ2) is 7.73. The predicted molar refractivity (Wildman–Crippen MR) is 80.1 cm³/mol. The van der Waals surface area contributed by atoms with E-state index in [1.54, 1.807) is 0 Å². The molecule has 4 nitrogen and oxygen atoms in total. The molecule has 1 saturated carbocycles. The van der Waals surface area contributed by atoms with Gasteiger partial charge < -0.3 is 16.0 Å². The fraction of sp³-hybridized carbons (Fsp3) is 0.933. The lowest BCUT2D eigenvalue weighted by atomic mass is 9.74. The number of carbonyl (C=O) groups is 1. The fourth-order valence-corrected chi connectivity index (χ4v) is 3.23. The lowest BCUT2D eigenvalue weighted by Gasteiger charge is -2.47. The molecule has 0 radical (unpaired) electrons. The minimum Gasteiger partial charge on any atom is -0.338 e. The maximum atomic E-state index is 12.3. The molecule has 1 aliphatic carbocycles. The molecule has 1 rings (SSSR count). The Morgan fingerprint density at radius 2 is 1.95 bits per heavy atom. The third-order valence-corrected chi connectivity index (χ3v) is 4.59. The minimum atomic E-state index is -0.110. The summed E-state index contributed by atoms with van der Waals surface area (Å²) in [7, 11) is 0. The van der Waals surface area contributed by atoms with E-state index >= 15 is 0 Å². The van der Waals surface area contributed by atoms with Gasteiger partial charge in [0.25, 0.3) is 0 Å². The topological polar surface area (TPSA) is 58.4 Å². The number of urea groups is 1. The molecular weight excluding hydrogens is 238 g/mol. The Hall–Kier alpha value is -0.770. The van der Waals surface area contributed by atoms with E-state index in [1.807, 2.05) is 11.8 Å². The van der Waals surface area contributed by atoms with Crippen LogP contribution in [0.25, 0.3) is 0 Å². The highest BCUT2D eigenvalue weighted by Gasteiger charge is 2.40. The summed E-state index contributed by atoms with van der Waals surface area (Å²) in [5.41, 5.74) is 5.96. The van der Waals surface area contributed by atoms with E-state index < -0.39 is 0 Å². The van der Waals surface area contributed by atoms with Gasteiger partial charge in [-0.25, -0.2) is 4.79 Å². The van der Waals surface area contributed by atoms with Crippen molar-refractivity contribution in [2.24, 2.45) is 11.7 Å². The summed E-state index contributed by atoms with van der Waals surface area (Å²) in [6.45, 7) is 8.41. The lowest BCUT2D eigenvalue weighted by molar-refractivity contribution is 0.0680. The Kier molecular flexibility index (Phi) is 6.63. The van der Waals surface area contributed by atoms with Crippen LogP contribution in [-0.4, -0.2) is 36.1 Å². The van der Waals surface area contributed by atoms with Crippen LogP contribution in [0, 0.1) is 5.92 Å². The van der Waals surface area contributed by atoms with Gasteiger partial charge in [-0.15, -0.1) is 0 Å². The number of carbonyl (C=O) groups excluding carboxylic acids is 1. The van der Waals surface area contributed by atoms with Crippen molar-refractivity contribution in [3.05, 3.63) is 0 Å². The summed E-state index contributed by atoms with van der Waals surface area (Å²) >= 11 is 0. The first kappa shape index (κ1) is 16.3. The van der Waals surface area contributed by atoms with Crippen molar-refractivity contribution in [2.45, 2.75) is 64.8 Å². The number of nitrogens with one attached hydrogen (secondary N) is 1. The molecule has 0 aromatic carbocycles.